The van der Waals surface area contributed by atoms with Crippen LogP contribution in [0.4, 0.5) is 5.82 Å². The van der Waals surface area contributed by atoms with E-state index in [2.05, 4.69) is 25.8 Å². The highest BCUT2D eigenvalue weighted by Gasteiger charge is 2.21. The zero-order chi connectivity index (χ0) is 13.2. The van der Waals surface area contributed by atoms with Crippen molar-refractivity contribution in [1.82, 2.24) is 4.98 Å². The Kier molecular flexibility index (Phi) is 3.57. The number of anilines is 1. The smallest absolute Gasteiger partial charge is 0.136 e. The van der Waals surface area contributed by atoms with Crippen molar-refractivity contribution in [2.24, 2.45) is 0 Å². The van der Waals surface area contributed by atoms with Gasteiger partial charge in [0.2, 0.25) is 0 Å². The molecule has 0 saturated carbocycles. The van der Waals surface area contributed by atoms with Gasteiger partial charge in [-0.25, -0.2) is 4.98 Å². The minimum atomic E-state index is 0.183. The van der Waals surface area contributed by atoms with Crippen LogP contribution < -0.4 is 4.90 Å². The average molecular weight is 323 g/mol. The number of phenols is 1. The second kappa shape index (κ2) is 5.35. The molecule has 1 atom stereocenters. The summed E-state index contributed by atoms with van der Waals surface area (Å²) < 4.78 is 5.65. The monoisotopic (exact) mass is 322 g/mol. The first-order valence-corrected chi connectivity index (χ1v) is 7.40. The van der Waals surface area contributed by atoms with Crippen LogP contribution in [0.25, 0.3) is 10.8 Å². The second-order valence-corrected chi connectivity index (χ2v) is 5.28. The largest absolute Gasteiger partial charge is 0.508 e. The molecule has 5 heteroatoms. The van der Waals surface area contributed by atoms with Crippen LogP contribution in [0, 0.1) is 0 Å². The summed E-state index contributed by atoms with van der Waals surface area (Å²) in [6, 6.07) is 7.35. The lowest BCUT2D eigenvalue weighted by Gasteiger charge is -2.33. The predicted octanol–water partition coefficient (Wildman–Crippen LogP) is 2.54. The van der Waals surface area contributed by atoms with Gasteiger partial charge in [-0.15, -0.1) is 0 Å². The fourth-order valence-corrected chi connectivity index (χ4v) is 2.79. The van der Waals surface area contributed by atoms with Crippen molar-refractivity contribution in [3.05, 3.63) is 30.5 Å². The molecule has 0 radical (unpaired) electrons. The Morgan fingerprint density at radius 1 is 1.42 bits per heavy atom. The molecule has 0 bridgehead atoms. The van der Waals surface area contributed by atoms with Crippen molar-refractivity contribution >= 4 is 32.5 Å². The van der Waals surface area contributed by atoms with Gasteiger partial charge in [-0.2, -0.15) is 0 Å². The molecular weight excluding hydrogens is 308 g/mol. The first-order valence-electron chi connectivity index (χ1n) is 6.28. The summed E-state index contributed by atoms with van der Waals surface area (Å²) in [6.45, 7) is 2.34. The molecule has 100 valence electrons. The highest BCUT2D eigenvalue weighted by Crippen LogP contribution is 2.28. The van der Waals surface area contributed by atoms with Crippen LogP contribution in [0.15, 0.2) is 30.5 Å². The third-order valence-electron chi connectivity index (χ3n) is 3.34. The average Bonchev–Trinajstić information content (AvgIpc) is 2.46. The maximum absolute atomic E-state index is 9.67. The van der Waals surface area contributed by atoms with Crippen LogP contribution in [-0.4, -0.2) is 41.2 Å². The third-order valence-corrected chi connectivity index (χ3v) is 4.06. The van der Waals surface area contributed by atoms with E-state index in [1.165, 1.54) is 0 Å². The number of morpholine rings is 1. The fourth-order valence-electron chi connectivity index (χ4n) is 2.40. The Morgan fingerprint density at radius 2 is 2.32 bits per heavy atom. The number of hydrogen-bond donors (Lipinski definition) is 1. The Bertz CT molecular complexity index is 591. The van der Waals surface area contributed by atoms with E-state index in [1.807, 2.05) is 18.3 Å². The Labute approximate surface area is 120 Å². The molecule has 1 saturated heterocycles. The lowest BCUT2D eigenvalue weighted by Crippen LogP contribution is -2.43. The van der Waals surface area contributed by atoms with Crippen molar-refractivity contribution in [2.45, 2.75) is 6.10 Å². The van der Waals surface area contributed by atoms with E-state index in [9.17, 15) is 5.11 Å². The number of halogens is 1. The number of rotatable bonds is 2. The van der Waals surface area contributed by atoms with Crippen molar-refractivity contribution < 1.29 is 9.84 Å². The summed E-state index contributed by atoms with van der Waals surface area (Å²) in [5.74, 6) is 1.19. The lowest BCUT2D eigenvalue weighted by atomic mass is 10.1. The van der Waals surface area contributed by atoms with E-state index < -0.39 is 0 Å². The van der Waals surface area contributed by atoms with Crippen LogP contribution in [0.1, 0.15) is 0 Å². The Balaban J connectivity index is 2.02. The van der Waals surface area contributed by atoms with Crippen LogP contribution >= 0.6 is 15.9 Å². The number of fused-ring (bicyclic) bond motifs is 1. The van der Waals surface area contributed by atoms with Gasteiger partial charge in [0.25, 0.3) is 0 Å². The Morgan fingerprint density at radius 3 is 3.16 bits per heavy atom. The number of alkyl halides is 1. The molecule has 1 fully saturated rings. The summed E-state index contributed by atoms with van der Waals surface area (Å²) in [5, 5.41) is 12.6. The molecule has 2 heterocycles. The van der Waals surface area contributed by atoms with Gasteiger partial charge in [0, 0.05) is 30.0 Å². The summed E-state index contributed by atoms with van der Waals surface area (Å²) in [4.78, 5) is 6.70. The van der Waals surface area contributed by atoms with Crippen molar-refractivity contribution in [3.63, 3.8) is 0 Å². The molecule has 0 spiro atoms. The minimum Gasteiger partial charge on any atom is -0.508 e. The molecule has 1 aromatic carbocycles. The summed E-state index contributed by atoms with van der Waals surface area (Å²) in [6.07, 6.45) is 2.00. The molecule has 1 aliphatic rings. The number of pyridine rings is 1. The van der Waals surface area contributed by atoms with Crippen LogP contribution in [0.3, 0.4) is 0 Å². The summed E-state index contributed by atoms with van der Waals surface area (Å²) in [7, 11) is 0. The normalized spacial score (nSPS) is 19.8. The van der Waals surface area contributed by atoms with Gasteiger partial charge in [0.05, 0.1) is 12.7 Å². The van der Waals surface area contributed by atoms with Gasteiger partial charge in [0.1, 0.15) is 11.6 Å². The molecule has 0 amide bonds. The molecule has 3 rings (SSSR count). The van der Waals surface area contributed by atoms with E-state index in [0.29, 0.717) is 6.61 Å². The number of phenolic OH excluding ortho intramolecular Hbond substituents is 1. The lowest BCUT2D eigenvalue weighted by molar-refractivity contribution is 0.0569. The molecule has 1 unspecified atom stereocenters. The molecule has 4 nitrogen and oxygen atoms in total. The number of hydrogen-bond acceptors (Lipinski definition) is 4. The minimum absolute atomic E-state index is 0.183. The highest BCUT2D eigenvalue weighted by molar-refractivity contribution is 9.09. The number of benzene rings is 1. The van der Waals surface area contributed by atoms with Crippen molar-refractivity contribution in [2.75, 3.05) is 29.9 Å². The van der Waals surface area contributed by atoms with E-state index in [4.69, 9.17) is 4.74 Å². The van der Waals surface area contributed by atoms with E-state index in [1.54, 1.807) is 12.1 Å². The SMILES string of the molecule is Oc1ccc2ccnc(N3CCOC(CBr)C3)c2c1. The van der Waals surface area contributed by atoms with Crippen LogP contribution in [0.2, 0.25) is 0 Å². The van der Waals surface area contributed by atoms with Gasteiger partial charge >= 0.3 is 0 Å². The van der Waals surface area contributed by atoms with Gasteiger partial charge in [-0.1, -0.05) is 22.0 Å². The van der Waals surface area contributed by atoms with E-state index in [0.717, 1.165) is 35.0 Å². The maximum Gasteiger partial charge on any atom is 0.136 e. The fraction of sp³-hybridized carbons (Fsp3) is 0.357. The highest BCUT2D eigenvalue weighted by atomic mass is 79.9. The van der Waals surface area contributed by atoms with Crippen LogP contribution in [0.5, 0.6) is 5.75 Å². The molecule has 2 aromatic rings. The number of ether oxygens (including phenoxy) is 1. The number of aromatic hydroxyl groups is 1. The number of aromatic nitrogens is 1. The summed E-state index contributed by atoms with van der Waals surface area (Å²) >= 11 is 3.46. The molecular formula is C14H15BrN2O2. The zero-order valence-corrected chi connectivity index (χ0v) is 12.0. The van der Waals surface area contributed by atoms with Gasteiger partial charge in [-0.3, -0.25) is 0 Å². The second-order valence-electron chi connectivity index (χ2n) is 4.63. The molecule has 1 aromatic heterocycles. The van der Waals surface area contributed by atoms with Gasteiger partial charge in [0.15, 0.2) is 0 Å². The molecule has 0 aliphatic carbocycles. The van der Waals surface area contributed by atoms with Gasteiger partial charge < -0.3 is 14.7 Å². The molecule has 19 heavy (non-hydrogen) atoms. The third kappa shape index (κ3) is 2.53. The Hall–Kier alpha value is -1.33. The first kappa shape index (κ1) is 12.7. The van der Waals surface area contributed by atoms with E-state index in [-0.39, 0.29) is 11.9 Å². The van der Waals surface area contributed by atoms with Gasteiger partial charge in [-0.05, 0) is 23.6 Å². The molecule has 1 aliphatic heterocycles. The number of nitrogens with zero attached hydrogens (tertiary/aromatic N) is 2. The standard InChI is InChI=1S/C14H15BrN2O2/c15-8-12-9-17(5-6-19-12)14-13-7-11(18)2-1-10(13)3-4-16-14/h1-4,7,12,18H,5-6,8-9H2. The summed E-state index contributed by atoms with van der Waals surface area (Å²) in [5.41, 5.74) is 0. The molecule has 1 N–H and O–H groups in total. The maximum atomic E-state index is 9.67. The first-order chi connectivity index (χ1) is 9.28. The van der Waals surface area contributed by atoms with E-state index >= 15 is 0 Å². The van der Waals surface area contributed by atoms with Crippen molar-refractivity contribution in [1.29, 1.82) is 0 Å². The predicted molar refractivity (Wildman–Crippen MR) is 79.2 cm³/mol. The van der Waals surface area contributed by atoms with Crippen LogP contribution in [-0.2, 0) is 4.74 Å². The zero-order valence-electron chi connectivity index (χ0n) is 10.4. The quantitative estimate of drug-likeness (QED) is 0.863. The topological polar surface area (TPSA) is 45.6 Å². The van der Waals surface area contributed by atoms with Crippen molar-refractivity contribution in [3.8, 4) is 5.75 Å².